The van der Waals surface area contributed by atoms with Crippen LogP contribution < -0.4 is 10.2 Å². The Labute approximate surface area is 163 Å². The van der Waals surface area contributed by atoms with Crippen LogP contribution in [-0.2, 0) is 9.59 Å². The van der Waals surface area contributed by atoms with Crippen molar-refractivity contribution >= 4 is 17.5 Å². The monoisotopic (exact) mass is 371 g/mol. The van der Waals surface area contributed by atoms with Crippen molar-refractivity contribution in [3.8, 4) is 0 Å². The fraction of sp³-hybridized carbons (Fsp3) is 0.636. The van der Waals surface area contributed by atoms with Crippen LogP contribution in [0.25, 0.3) is 0 Å². The Morgan fingerprint density at radius 3 is 2.22 bits per heavy atom. The molecular formula is C22H33N3O2. The molecule has 2 amide bonds. The van der Waals surface area contributed by atoms with Gasteiger partial charge in [-0.25, -0.2) is 0 Å². The second-order valence-electron chi connectivity index (χ2n) is 9.57. The zero-order valence-corrected chi connectivity index (χ0v) is 17.3. The number of nitrogens with one attached hydrogen (secondary N) is 1. The minimum atomic E-state index is 0.00410. The highest BCUT2D eigenvalue weighted by atomic mass is 16.2. The van der Waals surface area contributed by atoms with Gasteiger partial charge in [0.1, 0.15) is 6.54 Å². The fourth-order valence-corrected chi connectivity index (χ4v) is 4.94. The highest BCUT2D eigenvalue weighted by Gasteiger charge is 2.39. The van der Waals surface area contributed by atoms with Gasteiger partial charge in [-0.15, -0.1) is 0 Å². The van der Waals surface area contributed by atoms with Crippen LogP contribution in [0.4, 0.5) is 5.69 Å². The molecule has 2 saturated heterocycles. The molecule has 0 radical (unpaired) electrons. The Hall–Kier alpha value is -1.88. The van der Waals surface area contributed by atoms with Crippen LogP contribution in [0.1, 0.15) is 52.5 Å². The van der Waals surface area contributed by atoms with E-state index in [1.54, 1.807) is 9.80 Å². The summed E-state index contributed by atoms with van der Waals surface area (Å²) in [6, 6.07) is 7.98. The zero-order chi connectivity index (χ0) is 19.8. The van der Waals surface area contributed by atoms with Gasteiger partial charge in [-0.3, -0.25) is 9.59 Å². The van der Waals surface area contributed by atoms with Gasteiger partial charge in [-0.2, -0.15) is 0 Å². The van der Waals surface area contributed by atoms with Crippen LogP contribution in [0.5, 0.6) is 0 Å². The molecule has 27 heavy (non-hydrogen) atoms. The van der Waals surface area contributed by atoms with Gasteiger partial charge >= 0.3 is 0 Å². The average Bonchev–Trinajstić information content (AvgIpc) is 2.52. The molecule has 148 valence electrons. The third-order valence-corrected chi connectivity index (χ3v) is 5.66. The molecule has 0 aromatic heterocycles. The molecule has 0 saturated carbocycles. The summed E-state index contributed by atoms with van der Waals surface area (Å²) in [5.41, 5.74) is 2.16. The van der Waals surface area contributed by atoms with E-state index in [9.17, 15) is 9.59 Å². The number of rotatable bonds is 3. The lowest BCUT2D eigenvalue weighted by Crippen LogP contribution is -2.58. The van der Waals surface area contributed by atoms with Gasteiger partial charge < -0.3 is 15.1 Å². The first-order valence-electron chi connectivity index (χ1n) is 9.99. The Balaban J connectivity index is 1.59. The van der Waals surface area contributed by atoms with Crippen LogP contribution in [0, 0.1) is 12.8 Å². The van der Waals surface area contributed by atoms with E-state index in [1.165, 1.54) is 5.56 Å². The molecule has 0 bridgehead atoms. The van der Waals surface area contributed by atoms with Crippen LogP contribution in [0.15, 0.2) is 24.3 Å². The summed E-state index contributed by atoms with van der Waals surface area (Å²) in [5.74, 6) is 0.476. The topological polar surface area (TPSA) is 52.6 Å². The molecule has 0 unspecified atom stereocenters. The van der Waals surface area contributed by atoms with Crippen molar-refractivity contribution in [1.82, 2.24) is 10.2 Å². The predicted octanol–water partition coefficient (Wildman–Crippen LogP) is 3.12. The first-order chi connectivity index (χ1) is 12.5. The van der Waals surface area contributed by atoms with Crippen molar-refractivity contribution < 1.29 is 9.59 Å². The second-order valence-corrected chi connectivity index (χ2v) is 9.57. The molecule has 0 atom stereocenters. The van der Waals surface area contributed by atoms with E-state index in [1.807, 2.05) is 31.2 Å². The van der Waals surface area contributed by atoms with Gasteiger partial charge in [-0.05, 0) is 65.5 Å². The van der Waals surface area contributed by atoms with E-state index >= 15 is 0 Å². The molecule has 1 N–H and O–H groups in total. The zero-order valence-electron chi connectivity index (χ0n) is 17.3. The van der Waals surface area contributed by atoms with Crippen LogP contribution >= 0.6 is 0 Å². The average molecular weight is 372 g/mol. The maximum atomic E-state index is 12.9. The normalized spacial score (nSPS) is 22.8. The van der Waals surface area contributed by atoms with E-state index in [-0.39, 0.29) is 29.4 Å². The molecule has 2 aliphatic heterocycles. The number of benzene rings is 1. The van der Waals surface area contributed by atoms with Crippen LogP contribution in [-0.4, -0.2) is 47.4 Å². The SMILES string of the molecule is Cc1ccc(N2CCN(C(=O)CC3CC(C)(C)NC(C)(C)C3)CC2=O)cc1. The number of carbonyl (C=O) groups is 2. The maximum absolute atomic E-state index is 12.9. The number of piperidine rings is 1. The summed E-state index contributed by atoms with van der Waals surface area (Å²) in [6.45, 7) is 12.2. The lowest BCUT2D eigenvalue weighted by molar-refractivity contribution is -0.138. The molecule has 5 nitrogen and oxygen atoms in total. The minimum Gasteiger partial charge on any atom is -0.332 e. The number of aryl methyl sites for hydroxylation is 1. The fourth-order valence-electron chi connectivity index (χ4n) is 4.94. The lowest BCUT2D eigenvalue weighted by Gasteiger charge is -2.47. The van der Waals surface area contributed by atoms with Crippen molar-refractivity contribution in [2.24, 2.45) is 5.92 Å². The largest absolute Gasteiger partial charge is 0.332 e. The van der Waals surface area contributed by atoms with Crippen molar-refractivity contribution in [1.29, 1.82) is 0 Å². The highest BCUT2D eigenvalue weighted by Crippen LogP contribution is 2.35. The number of hydrogen-bond acceptors (Lipinski definition) is 3. The maximum Gasteiger partial charge on any atom is 0.246 e. The molecule has 5 heteroatoms. The summed E-state index contributed by atoms with van der Waals surface area (Å²) < 4.78 is 0. The van der Waals surface area contributed by atoms with Crippen molar-refractivity contribution in [3.63, 3.8) is 0 Å². The molecule has 0 spiro atoms. The van der Waals surface area contributed by atoms with Crippen molar-refractivity contribution in [2.45, 2.75) is 65.0 Å². The lowest BCUT2D eigenvalue weighted by atomic mass is 9.74. The number of amides is 2. The summed E-state index contributed by atoms with van der Waals surface area (Å²) >= 11 is 0. The Morgan fingerprint density at radius 1 is 1.07 bits per heavy atom. The Morgan fingerprint density at radius 2 is 1.67 bits per heavy atom. The standard InChI is InChI=1S/C22H33N3O2/c1-16-6-8-18(9-7-16)25-11-10-24(15-20(25)27)19(26)12-17-13-21(2,3)23-22(4,5)14-17/h6-9,17,23H,10-15H2,1-5H3. The van der Waals surface area contributed by atoms with Gasteiger partial charge in [0.2, 0.25) is 11.8 Å². The first kappa shape index (κ1) is 19.9. The molecule has 0 aliphatic carbocycles. The van der Waals surface area contributed by atoms with E-state index in [0.717, 1.165) is 18.5 Å². The molecular weight excluding hydrogens is 338 g/mol. The number of anilines is 1. The summed E-state index contributed by atoms with van der Waals surface area (Å²) in [4.78, 5) is 29.0. The van der Waals surface area contributed by atoms with Gasteiger partial charge in [0.15, 0.2) is 0 Å². The van der Waals surface area contributed by atoms with E-state index in [2.05, 4.69) is 33.0 Å². The highest BCUT2D eigenvalue weighted by molar-refractivity contribution is 5.97. The smallest absolute Gasteiger partial charge is 0.246 e. The Kier molecular flexibility index (Phi) is 5.35. The molecule has 2 fully saturated rings. The van der Waals surface area contributed by atoms with Crippen molar-refractivity contribution in [3.05, 3.63) is 29.8 Å². The van der Waals surface area contributed by atoms with E-state index in [0.29, 0.717) is 25.4 Å². The quantitative estimate of drug-likeness (QED) is 0.888. The predicted molar refractivity (Wildman–Crippen MR) is 109 cm³/mol. The third-order valence-electron chi connectivity index (χ3n) is 5.66. The minimum absolute atomic E-state index is 0.00410. The molecule has 1 aromatic carbocycles. The van der Waals surface area contributed by atoms with Gasteiger partial charge in [0.25, 0.3) is 0 Å². The van der Waals surface area contributed by atoms with E-state index in [4.69, 9.17) is 0 Å². The molecule has 2 heterocycles. The summed E-state index contributed by atoms with van der Waals surface area (Å²) in [7, 11) is 0. The number of piperazine rings is 1. The molecule has 2 aliphatic rings. The summed E-state index contributed by atoms with van der Waals surface area (Å²) in [5, 5.41) is 3.66. The van der Waals surface area contributed by atoms with Crippen molar-refractivity contribution in [2.75, 3.05) is 24.5 Å². The van der Waals surface area contributed by atoms with E-state index < -0.39 is 0 Å². The number of carbonyl (C=O) groups excluding carboxylic acids is 2. The second kappa shape index (κ2) is 7.27. The van der Waals surface area contributed by atoms with Crippen LogP contribution in [0.2, 0.25) is 0 Å². The number of hydrogen-bond donors (Lipinski definition) is 1. The summed E-state index contributed by atoms with van der Waals surface area (Å²) in [6.07, 6.45) is 2.51. The molecule has 1 aromatic rings. The molecule has 3 rings (SSSR count). The van der Waals surface area contributed by atoms with Gasteiger partial charge in [0, 0.05) is 36.3 Å². The number of nitrogens with zero attached hydrogens (tertiary/aromatic N) is 2. The first-order valence-corrected chi connectivity index (χ1v) is 9.99. The van der Waals surface area contributed by atoms with Crippen LogP contribution in [0.3, 0.4) is 0 Å². The van der Waals surface area contributed by atoms with Gasteiger partial charge in [-0.1, -0.05) is 17.7 Å². The Bertz CT molecular complexity index is 693. The third kappa shape index (κ3) is 4.89. The van der Waals surface area contributed by atoms with Gasteiger partial charge in [0.05, 0.1) is 0 Å².